The fraction of sp³-hybridized carbons (Fsp3) is 0.333. The summed E-state index contributed by atoms with van der Waals surface area (Å²) in [6, 6.07) is 13.7. The molecule has 1 spiro atoms. The molecule has 2 aliphatic rings. The number of carbonyl (C=O) groups is 1. The van der Waals surface area contributed by atoms with Gasteiger partial charge in [0.2, 0.25) is 5.78 Å². The maximum Gasteiger partial charge on any atom is 0.217 e. The number of para-hydroxylation sites is 1. The number of carbonyl (C=O) groups excluding carboxylic acids is 1. The van der Waals surface area contributed by atoms with E-state index in [1.807, 2.05) is 60.4 Å². The van der Waals surface area contributed by atoms with Crippen LogP contribution in [0.1, 0.15) is 34.5 Å². The van der Waals surface area contributed by atoms with E-state index in [4.69, 9.17) is 14.6 Å². The van der Waals surface area contributed by atoms with Gasteiger partial charge in [0.05, 0.1) is 23.9 Å². The van der Waals surface area contributed by atoms with Crippen LogP contribution >= 0.6 is 11.8 Å². The summed E-state index contributed by atoms with van der Waals surface area (Å²) in [5.41, 5.74) is 3.23. The molecule has 2 aromatic carbocycles. The Bertz CT molecular complexity index is 1160. The van der Waals surface area contributed by atoms with E-state index in [9.17, 15) is 4.79 Å². The number of benzene rings is 2. The van der Waals surface area contributed by atoms with E-state index in [0.29, 0.717) is 17.0 Å². The second kappa shape index (κ2) is 7.73. The minimum absolute atomic E-state index is 0.137. The highest BCUT2D eigenvalue weighted by Crippen LogP contribution is 2.50. The van der Waals surface area contributed by atoms with E-state index in [1.54, 1.807) is 18.9 Å². The summed E-state index contributed by atoms with van der Waals surface area (Å²) >= 11 is 1.61. The molecule has 3 aromatic rings. The predicted molar refractivity (Wildman–Crippen MR) is 121 cm³/mol. The molecule has 0 aliphatic carbocycles. The first-order chi connectivity index (χ1) is 15.1. The fourth-order valence-corrected chi connectivity index (χ4v) is 5.16. The normalized spacial score (nSPS) is 16.4. The Balaban J connectivity index is 1.72. The highest BCUT2D eigenvalue weighted by Gasteiger charge is 2.47. The van der Waals surface area contributed by atoms with Crippen molar-refractivity contribution in [2.45, 2.75) is 23.3 Å². The van der Waals surface area contributed by atoms with Crippen molar-refractivity contribution in [1.82, 2.24) is 15.1 Å². The minimum atomic E-state index is -0.569. The van der Waals surface area contributed by atoms with Gasteiger partial charge in [0, 0.05) is 30.3 Å². The van der Waals surface area contributed by atoms with Crippen LogP contribution in [0.25, 0.3) is 11.3 Å². The molecule has 1 aromatic heterocycles. The van der Waals surface area contributed by atoms with E-state index in [0.717, 1.165) is 53.4 Å². The van der Waals surface area contributed by atoms with Crippen molar-refractivity contribution in [2.24, 2.45) is 7.05 Å². The molecule has 1 fully saturated rings. The number of ether oxygens (including phenoxy) is 2. The summed E-state index contributed by atoms with van der Waals surface area (Å²) in [6.07, 6.45) is 3.56. The molecule has 0 unspecified atom stereocenters. The van der Waals surface area contributed by atoms with E-state index in [-0.39, 0.29) is 5.78 Å². The number of hydrogen-bond donors (Lipinski definition) is 1. The average molecular weight is 436 g/mol. The first-order valence-corrected chi connectivity index (χ1v) is 11.6. The Morgan fingerprint density at radius 3 is 2.74 bits per heavy atom. The molecule has 0 saturated carbocycles. The van der Waals surface area contributed by atoms with Gasteiger partial charge in [0.15, 0.2) is 0 Å². The van der Waals surface area contributed by atoms with Crippen molar-refractivity contribution >= 4 is 17.5 Å². The summed E-state index contributed by atoms with van der Waals surface area (Å²) in [5, 5.41) is 8.16. The first kappa shape index (κ1) is 20.2. The molecule has 0 amide bonds. The topological polar surface area (TPSA) is 65.4 Å². The van der Waals surface area contributed by atoms with Crippen LogP contribution in [0.4, 0.5) is 0 Å². The molecule has 3 heterocycles. The van der Waals surface area contributed by atoms with Crippen LogP contribution in [-0.2, 0) is 12.6 Å². The Labute approximate surface area is 185 Å². The van der Waals surface area contributed by atoms with E-state index in [1.165, 1.54) is 0 Å². The van der Waals surface area contributed by atoms with Gasteiger partial charge in [0.1, 0.15) is 22.8 Å². The third-order valence-electron chi connectivity index (χ3n) is 6.23. The lowest BCUT2D eigenvalue weighted by Crippen LogP contribution is -2.46. The Kier molecular flexibility index (Phi) is 5.02. The number of aryl methyl sites for hydroxylation is 1. The molecule has 31 heavy (non-hydrogen) atoms. The summed E-state index contributed by atoms with van der Waals surface area (Å²) < 4.78 is 14.0. The van der Waals surface area contributed by atoms with Crippen molar-refractivity contribution in [3.05, 3.63) is 59.3 Å². The molecule has 0 radical (unpaired) electrons. The van der Waals surface area contributed by atoms with Gasteiger partial charge in [-0.1, -0.05) is 12.1 Å². The fourth-order valence-electron chi connectivity index (χ4n) is 4.73. The van der Waals surface area contributed by atoms with Crippen molar-refractivity contribution < 1.29 is 14.3 Å². The van der Waals surface area contributed by atoms with Gasteiger partial charge in [-0.25, -0.2) is 0 Å². The number of hydrogen-bond acceptors (Lipinski definition) is 6. The number of rotatable bonds is 4. The largest absolute Gasteiger partial charge is 0.496 e. The van der Waals surface area contributed by atoms with Crippen molar-refractivity contribution in [3.63, 3.8) is 0 Å². The van der Waals surface area contributed by atoms with E-state index in [2.05, 4.69) is 5.32 Å². The lowest BCUT2D eigenvalue weighted by atomic mass is 9.79. The summed E-state index contributed by atoms with van der Waals surface area (Å²) in [6.45, 7) is 1.66. The minimum Gasteiger partial charge on any atom is -0.496 e. The molecule has 6 nitrogen and oxygen atoms in total. The number of fused-ring (bicyclic) bond motifs is 4. The Morgan fingerprint density at radius 2 is 2.00 bits per heavy atom. The zero-order valence-corrected chi connectivity index (χ0v) is 18.7. The monoisotopic (exact) mass is 435 g/mol. The maximum absolute atomic E-state index is 13.8. The number of piperidine rings is 1. The third kappa shape index (κ3) is 3.15. The molecular formula is C24H25N3O3S. The molecule has 0 atom stereocenters. The molecule has 0 bridgehead atoms. The zero-order chi connectivity index (χ0) is 21.6. The molecule has 2 aliphatic heterocycles. The third-order valence-corrected chi connectivity index (χ3v) is 6.96. The van der Waals surface area contributed by atoms with Crippen LogP contribution in [-0.4, -0.2) is 42.0 Å². The lowest BCUT2D eigenvalue weighted by molar-refractivity contribution is 0.0297. The van der Waals surface area contributed by atoms with E-state index < -0.39 is 5.60 Å². The van der Waals surface area contributed by atoms with Gasteiger partial charge in [-0.2, -0.15) is 5.10 Å². The standard InChI is InChI=1S/C24H25N3O3S/c1-27-22-16-6-4-5-7-18(16)30-24(10-12-25-13-11-24)20(22)21(26-27)23(28)17-9-8-15(31-3)14-19(17)29-2/h4-9,14,25H,10-13H2,1-3H3. The number of ketones is 1. The smallest absolute Gasteiger partial charge is 0.217 e. The quantitative estimate of drug-likeness (QED) is 0.493. The van der Waals surface area contributed by atoms with Crippen LogP contribution in [0.2, 0.25) is 0 Å². The second-order valence-corrected chi connectivity index (χ2v) is 8.81. The lowest BCUT2D eigenvalue weighted by Gasteiger charge is -2.42. The van der Waals surface area contributed by atoms with Crippen LogP contribution in [0.5, 0.6) is 11.5 Å². The van der Waals surface area contributed by atoms with Gasteiger partial charge in [-0.3, -0.25) is 9.48 Å². The first-order valence-electron chi connectivity index (χ1n) is 10.4. The summed E-state index contributed by atoms with van der Waals surface area (Å²) in [7, 11) is 3.50. The maximum atomic E-state index is 13.8. The molecule has 7 heteroatoms. The predicted octanol–water partition coefficient (Wildman–Crippen LogP) is 4.02. The molecule has 160 valence electrons. The molecule has 1 saturated heterocycles. The molecule has 5 rings (SSSR count). The van der Waals surface area contributed by atoms with Crippen molar-refractivity contribution in [2.75, 3.05) is 26.5 Å². The molecule has 1 N–H and O–H groups in total. The number of nitrogens with one attached hydrogen (secondary N) is 1. The SMILES string of the molecule is COc1cc(SC)ccc1C(=O)c1nn(C)c2c1C1(CCNCC1)Oc1ccccc1-2. The van der Waals surface area contributed by atoms with Crippen LogP contribution < -0.4 is 14.8 Å². The van der Waals surface area contributed by atoms with Gasteiger partial charge >= 0.3 is 0 Å². The average Bonchev–Trinajstić information content (AvgIpc) is 3.17. The molecular weight excluding hydrogens is 410 g/mol. The number of nitrogens with zero attached hydrogens (tertiary/aromatic N) is 2. The second-order valence-electron chi connectivity index (χ2n) is 7.93. The summed E-state index contributed by atoms with van der Waals surface area (Å²) in [4.78, 5) is 14.9. The van der Waals surface area contributed by atoms with Crippen LogP contribution in [0.15, 0.2) is 47.4 Å². The number of methoxy groups -OCH3 is 1. The van der Waals surface area contributed by atoms with Gasteiger partial charge in [-0.15, -0.1) is 11.8 Å². The summed E-state index contributed by atoms with van der Waals surface area (Å²) in [5.74, 6) is 1.27. The number of thioether (sulfide) groups is 1. The zero-order valence-electron chi connectivity index (χ0n) is 17.9. The highest BCUT2D eigenvalue weighted by molar-refractivity contribution is 7.98. The highest BCUT2D eigenvalue weighted by atomic mass is 32.2. The van der Waals surface area contributed by atoms with Crippen molar-refractivity contribution in [3.8, 4) is 22.8 Å². The van der Waals surface area contributed by atoms with Gasteiger partial charge in [0.25, 0.3) is 0 Å². The van der Waals surface area contributed by atoms with Gasteiger partial charge < -0.3 is 14.8 Å². The van der Waals surface area contributed by atoms with E-state index >= 15 is 0 Å². The Morgan fingerprint density at radius 1 is 1.23 bits per heavy atom. The van der Waals surface area contributed by atoms with Gasteiger partial charge in [-0.05, 0) is 49.7 Å². The van der Waals surface area contributed by atoms with Crippen LogP contribution in [0, 0.1) is 0 Å². The van der Waals surface area contributed by atoms with Crippen molar-refractivity contribution in [1.29, 1.82) is 0 Å². The van der Waals surface area contributed by atoms with Crippen LogP contribution in [0.3, 0.4) is 0 Å². The number of aromatic nitrogens is 2. The Hall–Kier alpha value is -2.77.